The summed E-state index contributed by atoms with van der Waals surface area (Å²) in [5.41, 5.74) is 0.837. The molecule has 1 atom stereocenters. The van der Waals surface area contributed by atoms with Crippen molar-refractivity contribution in [1.29, 1.82) is 0 Å². The standard InChI is InChI=1S/C23H38F2O2/c1-5-7-8-9-10-11-14-20(23(6-2,26-3)27-4)15-12-13-19-16-17-21(24)22(25)18-19/h16-18,20H,5-15H2,1-4H3. The topological polar surface area (TPSA) is 18.5 Å². The van der Waals surface area contributed by atoms with E-state index in [0.717, 1.165) is 37.7 Å². The number of ether oxygens (including phenoxy) is 2. The fraction of sp³-hybridized carbons (Fsp3) is 0.739. The zero-order valence-corrected chi connectivity index (χ0v) is 17.7. The van der Waals surface area contributed by atoms with E-state index in [-0.39, 0.29) is 0 Å². The molecule has 1 aromatic rings. The molecule has 2 nitrogen and oxygen atoms in total. The van der Waals surface area contributed by atoms with E-state index in [1.807, 2.05) is 0 Å². The highest BCUT2D eigenvalue weighted by atomic mass is 19.2. The fourth-order valence-corrected chi connectivity index (χ4v) is 4.00. The molecule has 0 aliphatic heterocycles. The first-order valence-corrected chi connectivity index (χ1v) is 10.6. The summed E-state index contributed by atoms with van der Waals surface area (Å²) < 4.78 is 38.1. The average Bonchev–Trinajstić information content (AvgIpc) is 2.68. The summed E-state index contributed by atoms with van der Waals surface area (Å²) in [6, 6.07) is 4.18. The minimum Gasteiger partial charge on any atom is -0.353 e. The van der Waals surface area contributed by atoms with Gasteiger partial charge in [-0.2, -0.15) is 0 Å². The normalized spacial score (nSPS) is 13.1. The van der Waals surface area contributed by atoms with Crippen LogP contribution in [-0.2, 0) is 15.9 Å². The second-order valence-electron chi connectivity index (χ2n) is 7.47. The van der Waals surface area contributed by atoms with Crippen LogP contribution in [-0.4, -0.2) is 20.0 Å². The summed E-state index contributed by atoms with van der Waals surface area (Å²) in [5.74, 6) is -1.82. The van der Waals surface area contributed by atoms with Crippen LogP contribution < -0.4 is 0 Å². The number of hydrogen-bond donors (Lipinski definition) is 0. The molecular formula is C23H38F2O2. The van der Waals surface area contributed by atoms with E-state index in [1.54, 1.807) is 20.3 Å². The lowest BCUT2D eigenvalue weighted by Gasteiger charge is -2.38. The first kappa shape index (κ1) is 24.0. The van der Waals surface area contributed by atoms with Crippen molar-refractivity contribution in [2.75, 3.05) is 14.2 Å². The molecule has 0 aromatic heterocycles. The van der Waals surface area contributed by atoms with E-state index in [1.165, 1.54) is 50.7 Å². The molecule has 0 fully saturated rings. The van der Waals surface area contributed by atoms with Crippen LogP contribution >= 0.6 is 0 Å². The number of methoxy groups -OCH3 is 2. The largest absolute Gasteiger partial charge is 0.353 e. The van der Waals surface area contributed by atoms with Gasteiger partial charge in [-0.3, -0.25) is 0 Å². The predicted octanol–water partition coefficient (Wildman–Crippen LogP) is 7.05. The van der Waals surface area contributed by atoms with Crippen LogP contribution in [0.25, 0.3) is 0 Å². The minimum absolute atomic E-state index is 0.300. The average molecular weight is 385 g/mol. The third-order valence-corrected chi connectivity index (χ3v) is 5.71. The van der Waals surface area contributed by atoms with Gasteiger partial charge >= 0.3 is 0 Å². The first-order valence-electron chi connectivity index (χ1n) is 10.6. The fourth-order valence-electron chi connectivity index (χ4n) is 4.00. The van der Waals surface area contributed by atoms with Crippen molar-refractivity contribution in [2.45, 2.75) is 90.3 Å². The number of unbranched alkanes of at least 4 members (excludes halogenated alkanes) is 5. The van der Waals surface area contributed by atoms with Crippen LogP contribution in [0, 0.1) is 17.6 Å². The Morgan fingerprint density at radius 3 is 2.07 bits per heavy atom. The van der Waals surface area contributed by atoms with Crippen molar-refractivity contribution in [1.82, 2.24) is 0 Å². The minimum atomic E-state index is -0.788. The third kappa shape index (κ3) is 7.87. The van der Waals surface area contributed by atoms with Crippen LogP contribution in [0.15, 0.2) is 18.2 Å². The number of hydrogen-bond acceptors (Lipinski definition) is 2. The molecule has 0 spiro atoms. The summed E-state index contributed by atoms with van der Waals surface area (Å²) in [4.78, 5) is 0. The Balaban J connectivity index is 2.60. The maximum absolute atomic E-state index is 13.4. The van der Waals surface area contributed by atoms with Gasteiger partial charge in [0.25, 0.3) is 0 Å². The van der Waals surface area contributed by atoms with E-state index < -0.39 is 17.4 Å². The Labute approximate surface area is 164 Å². The molecule has 156 valence electrons. The molecule has 1 rings (SSSR count). The van der Waals surface area contributed by atoms with Gasteiger partial charge in [-0.25, -0.2) is 8.78 Å². The highest BCUT2D eigenvalue weighted by Crippen LogP contribution is 2.34. The molecule has 0 aliphatic rings. The van der Waals surface area contributed by atoms with Crippen molar-refractivity contribution in [2.24, 2.45) is 5.92 Å². The van der Waals surface area contributed by atoms with E-state index in [9.17, 15) is 8.78 Å². The number of halogens is 2. The van der Waals surface area contributed by atoms with Crippen molar-refractivity contribution >= 4 is 0 Å². The van der Waals surface area contributed by atoms with Crippen LogP contribution in [0.4, 0.5) is 8.78 Å². The van der Waals surface area contributed by atoms with Gasteiger partial charge in [0.1, 0.15) is 0 Å². The number of aryl methyl sites for hydroxylation is 1. The summed E-state index contributed by atoms with van der Waals surface area (Å²) in [6.07, 6.45) is 12.0. The SMILES string of the molecule is CCCCCCCCC(CCCc1ccc(F)c(F)c1)C(CC)(OC)OC. The molecule has 0 N–H and O–H groups in total. The molecule has 1 aromatic carbocycles. The Hall–Kier alpha value is -1.00. The highest BCUT2D eigenvalue weighted by Gasteiger charge is 2.36. The van der Waals surface area contributed by atoms with Crippen LogP contribution in [0.1, 0.15) is 83.6 Å². The van der Waals surface area contributed by atoms with Gasteiger partial charge in [-0.05, 0) is 49.8 Å². The molecular weight excluding hydrogens is 346 g/mol. The zero-order chi connectivity index (χ0) is 20.1. The number of rotatable bonds is 15. The predicted molar refractivity (Wildman–Crippen MR) is 108 cm³/mol. The summed E-state index contributed by atoms with van der Waals surface area (Å²) in [7, 11) is 3.44. The van der Waals surface area contributed by atoms with Crippen molar-refractivity contribution < 1.29 is 18.3 Å². The lowest BCUT2D eigenvalue weighted by Crippen LogP contribution is -2.41. The molecule has 0 saturated heterocycles. The molecule has 0 bridgehead atoms. The van der Waals surface area contributed by atoms with Gasteiger partial charge < -0.3 is 9.47 Å². The van der Waals surface area contributed by atoms with Gasteiger partial charge in [-0.1, -0.05) is 58.4 Å². The van der Waals surface area contributed by atoms with E-state index in [0.29, 0.717) is 5.92 Å². The van der Waals surface area contributed by atoms with Crippen LogP contribution in [0.2, 0.25) is 0 Å². The van der Waals surface area contributed by atoms with Gasteiger partial charge in [0, 0.05) is 20.1 Å². The summed E-state index contributed by atoms with van der Waals surface area (Å²) in [5, 5.41) is 0. The lowest BCUT2D eigenvalue weighted by atomic mass is 9.85. The second kappa shape index (κ2) is 13.2. The monoisotopic (exact) mass is 384 g/mol. The quantitative estimate of drug-likeness (QED) is 0.238. The van der Waals surface area contributed by atoms with Crippen molar-refractivity contribution in [3.63, 3.8) is 0 Å². The van der Waals surface area contributed by atoms with Gasteiger partial charge in [-0.15, -0.1) is 0 Å². The third-order valence-electron chi connectivity index (χ3n) is 5.71. The first-order chi connectivity index (χ1) is 13.0. The number of benzene rings is 1. The molecule has 0 heterocycles. The molecule has 0 amide bonds. The molecule has 0 saturated carbocycles. The Bertz CT molecular complexity index is 507. The van der Waals surface area contributed by atoms with Gasteiger partial charge in [0.15, 0.2) is 17.4 Å². The second-order valence-corrected chi connectivity index (χ2v) is 7.47. The maximum Gasteiger partial charge on any atom is 0.170 e. The van der Waals surface area contributed by atoms with Gasteiger partial charge in [0.2, 0.25) is 0 Å². The van der Waals surface area contributed by atoms with Crippen LogP contribution in [0.3, 0.4) is 0 Å². The molecule has 1 unspecified atom stereocenters. The Morgan fingerprint density at radius 1 is 0.852 bits per heavy atom. The molecule has 4 heteroatoms. The molecule has 0 aliphatic carbocycles. The van der Waals surface area contributed by atoms with E-state index >= 15 is 0 Å². The Kier molecular flexibility index (Phi) is 11.8. The summed E-state index contributed by atoms with van der Waals surface area (Å²) >= 11 is 0. The molecule has 27 heavy (non-hydrogen) atoms. The molecule has 0 radical (unpaired) electrons. The van der Waals surface area contributed by atoms with E-state index in [2.05, 4.69) is 13.8 Å². The summed E-state index contributed by atoms with van der Waals surface area (Å²) in [6.45, 7) is 4.33. The Morgan fingerprint density at radius 2 is 1.48 bits per heavy atom. The maximum atomic E-state index is 13.4. The van der Waals surface area contributed by atoms with Gasteiger partial charge in [0.05, 0.1) is 0 Å². The zero-order valence-electron chi connectivity index (χ0n) is 17.7. The smallest absolute Gasteiger partial charge is 0.170 e. The van der Waals surface area contributed by atoms with Crippen molar-refractivity contribution in [3.8, 4) is 0 Å². The van der Waals surface area contributed by atoms with E-state index in [4.69, 9.17) is 9.47 Å². The lowest BCUT2D eigenvalue weighted by molar-refractivity contribution is -0.244. The van der Waals surface area contributed by atoms with Crippen LogP contribution in [0.5, 0.6) is 0 Å². The highest BCUT2D eigenvalue weighted by molar-refractivity contribution is 5.17. The van der Waals surface area contributed by atoms with Crippen molar-refractivity contribution in [3.05, 3.63) is 35.4 Å².